The zero-order valence-electron chi connectivity index (χ0n) is 31.6. The van der Waals surface area contributed by atoms with E-state index in [4.69, 9.17) is 12.2 Å². The Kier molecular flexibility index (Phi) is 30.1. The second-order valence-electron chi connectivity index (χ2n) is 14.8. The molecule has 0 aromatic rings. The van der Waals surface area contributed by atoms with Gasteiger partial charge in [0, 0.05) is 19.5 Å². The van der Waals surface area contributed by atoms with Crippen LogP contribution in [0.2, 0.25) is 0 Å². The molecule has 49 heavy (non-hydrogen) atoms. The molecule has 0 radical (unpaired) electrons. The van der Waals surface area contributed by atoms with Crippen molar-refractivity contribution in [3.63, 3.8) is 0 Å². The summed E-state index contributed by atoms with van der Waals surface area (Å²) < 4.78 is 0. The van der Waals surface area contributed by atoms with Gasteiger partial charge in [0.2, 0.25) is 0 Å². The van der Waals surface area contributed by atoms with Gasteiger partial charge >= 0.3 is 0 Å². The molecule has 7 atom stereocenters. The monoisotopic (exact) mass is 714 g/mol. The predicted octanol–water partition coefficient (Wildman–Crippen LogP) is 7.33. The summed E-state index contributed by atoms with van der Waals surface area (Å²) in [5.41, 5.74) is 0. The Morgan fingerprint density at radius 1 is 0.694 bits per heavy atom. The van der Waals surface area contributed by atoms with Crippen LogP contribution in [0.4, 0.5) is 0 Å². The summed E-state index contributed by atoms with van der Waals surface area (Å²) in [6, 6.07) is -1.11. The molecule has 0 heterocycles. The maximum atomic E-state index is 10.9. The lowest BCUT2D eigenvalue weighted by atomic mass is 9.94. The molecule has 290 valence electrons. The Bertz CT molecular complexity index is 791. The van der Waals surface area contributed by atoms with Gasteiger partial charge in [-0.1, -0.05) is 161 Å². The number of aliphatic hydroxyl groups excluding tert-OH is 5. The van der Waals surface area contributed by atoms with E-state index in [-0.39, 0.29) is 13.0 Å². The third-order valence-corrected chi connectivity index (χ3v) is 10.5. The summed E-state index contributed by atoms with van der Waals surface area (Å²) in [4.78, 5) is 0. The molecule has 1 aliphatic rings. The number of thiocarbonyl (C=S) groups is 1. The summed E-state index contributed by atoms with van der Waals surface area (Å²) >= 11 is 5.53. The van der Waals surface area contributed by atoms with E-state index < -0.39 is 42.6 Å². The Morgan fingerprint density at radius 3 is 1.63 bits per heavy atom. The Morgan fingerprint density at radius 2 is 1.16 bits per heavy atom. The maximum Gasteiger partial charge on any atom is 0.166 e. The van der Waals surface area contributed by atoms with Crippen molar-refractivity contribution in [3.8, 4) is 0 Å². The first-order chi connectivity index (χ1) is 23.8. The van der Waals surface area contributed by atoms with E-state index in [9.17, 15) is 25.5 Å². The Hall–Kier alpha value is -0.810. The van der Waals surface area contributed by atoms with Gasteiger partial charge in [-0.2, -0.15) is 0 Å². The minimum atomic E-state index is -1.26. The highest BCUT2D eigenvalue weighted by atomic mass is 32.1. The number of aliphatic hydroxyl groups is 5. The zero-order valence-corrected chi connectivity index (χ0v) is 32.5. The number of unbranched alkanes of at least 4 members (excludes halogenated alkanes) is 21. The van der Waals surface area contributed by atoms with Gasteiger partial charge in [0.1, 0.15) is 12.2 Å². The average molecular weight is 714 g/mol. The lowest BCUT2D eigenvalue weighted by molar-refractivity contribution is -0.0703. The highest BCUT2D eigenvalue weighted by molar-refractivity contribution is 7.80. The van der Waals surface area contributed by atoms with Crippen LogP contribution >= 0.6 is 12.2 Å². The summed E-state index contributed by atoms with van der Waals surface area (Å²) in [6.07, 6.45) is 30.5. The van der Waals surface area contributed by atoms with Crippen LogP contribution in [0.3, 0.4) is 0 Å². The molecule has 0 aliphatic heterocycles. The van der Waals surface area contributed by atoms with Crippen LogP contribution in [-0.2, 0) is 0 Å². The molecule has 0 bridgehead atoms. The van der Waals surface area contributed by atoms with Gasteiger partial charge in [0.05, 0.1) is 30.4 Å². The third kappa shape index (κ3) is 24.9. The van der Waals surface area contributed by atoms with E-state index in [1.165, 1.54) is 128 Å². The first-order valence-electron chi connectivity index (χ1n) is 20.6. The molecule has 1 rings (SSSR count). The van der Waals surface area contributed by atoms with E-state index in [1.807, 2.05) is 13.0 Å². The molecule has 0 saturated heterocycles. The van der Waals surface area contributed by atoms with Gasteiger partial charge in [0.25, 0.3) is 0 Å². The van der Waals surface area contributed by atoms with Crippen LogP contribution in [0.25, 0.3) is 0 Å². The molecule has 0 spiro atoms. The fourth-order valence-electron chi connectivity index (χ4n) is 6.73. The molecular formula is C40H79N3O5S. The first kappa shape index (κ1) is 46.2. The quantitative estimate of drug-likeness (QED) is 0.0211. The minimum Gasteiger partial charge on any atom is -0.393 e. The van der Waals surface area contributed by atoms with Crippen LogP contribution in [0, 0.1) is 0 Å². The fraction of sp³-hybridized carbons (Fsp3) is 0.925. The third-order valence-electron chi connectivity index (χ3n) is 10.2. The highest BCUT2D eigenvalue weighted by Gasteiger charge is 2.32. The smallest absolute Gasteiger partial charge is 0.166 e. The van der Waals surface area contributed by atoms with Crippen molar-refractivity contribution in [1.29, 1.82) is 0 Å². The molecule has 0 aromatic heterocycles. The van der Waals surface area contributed by atoms with Crippen molar-refractivity contribution in [2.75, 3.05) is 13.1 Å². The molecule has 7 unspecified atom stereocenters. The van der Waals surface area contributed by atoms with Gasteiger partial charge in [-0.25, -0.2) is 0 Å². The van der Waals surface area contributed by atoms with E-state index in [2.05, 4.69) is 22.9 Å². The molecule has 0 fully saturated rings. The molecule has 0 aromatic carbocycles. The summed E-state index contributed by atoms with van der Waals surface area (Å²) in [7, 11) is 0. The van der Waals surface area contributed by atoms with E-state index in [0.29, 0.717) is 24.4 Å². The average Bonchev–Trinajstić information content (AvgIpc) is 3.09. The zero-order chi connectivity index (χ0) is 36.0. The van der Waals surface area contributed by atoms with E-state index >= 15 is 0 Å². The van der Waals surface area contributed by atoms with Gasteiger partial charge < -0.3 is 41.5 Å². The van der Waals surface area contributed by atoms with Crippen molar-refractivity contribution in [3.05, 3.63) is 12.2 Å². The van der Waals surface area contributed by atoms with Gasteiger partial charge in [-0.05, 0) is 37.9 Å². The molecule has 8 N–H and O–H groups in total. The van der Waals surface area contributed by atoms with Crippen molar-refractivity contribution >= 4 is 17.3 Å². The van der Waals surface area contributed by atoms with Crippen molar-refractivity contribution in [2.24, 2.45) is 0 Å². The SMILES string of the molecule is CCCCCCCCCCCCCCCCCCCCCCCCNC(=S)NC(CNC1C=CCCC(O)C(O)C1O)C(O)CC(O)CC. The van der Waals surface area contributed by atoms with Gasteiger partial charge in [-0.15, -0.1) is 0 Å². The second kappa shape index (κ2) is 31.9. The molecular weight excluding hydrogens is 635 g/mol. The van der Waals surface area contributed by atoms with Gasteiger partial charge in [0.15, 0.2) is 5.11 Å². The molecule has 0 amide bonds. The van der Waals surface area contributed by atoms with Crippen molar-refractivity contribution in [1.82, 2.24) is 16.0 Å². The van der Waals surface area contributed by atoms with Crippen LogP contribution in [-0.4, -0.2) is 86.3 Å². The van der Waals surface area contributed by atoms with E-state index in [0.717, 1.165) is 19.4 Å². The van der Waals surface area contributed by atoms with Crippen molar-refractivity contribution < 1.29 is 25.5 Å². The molecule has 8 nitrogen and oxygen atoms in total. The largest absolute Gasteiger partial charge is 0.393 e. The number of rotatable bonds is 31. The number of hydrogen-bond acceptors (Lipinski definition) is 7. The lowest BCUT2D eigenvalue weighted by Crippen LogP contribution is -2.57. The second-order valence-corrected chi connectivity index (χ2v) is 15.2. The lowest BCUT2D eigenvalue weighted by Gasteiger charge is -2.33. The standard InChI is InChI=1S/C40H79N3O5S/c1-3-5-6-7-8-9-10-11-12-13-14-15-16-17-18-19-20-21-22-23-24-27-30-41-40(49)43-35(37(46)31-33(44)4-2)32-42-34-28-25-26-29-36(45)39(48)38(34)47/h25,28,33-39,42,44-48H,3-24,26-27,29-32H2,1-2H3,(H2,41,43,49). The Labute approximate surface area is 306 Å². The predicted molar refractivity (Wildman–Crippen MR) is 210 cm³/mol. The molecule has 1 aliphatic carbocycles. The topological polar surface area (TPSA) is 137 Å². The Balaban J connectivity index is 2.10. The summed E-state index contributed by atoms with van der Waals surface area (Å²) in [5.74, 6) is 0. The number of nitrogens with one attached hydrogen (secondary N) is 3. The number of allylic oxidation sites excluding steroid dienone is 1. The first-order valence-corrected chi connectivity index (χ1v) is 21.1. The van der Waals surface area contributed by atoms with Gasteiger partial charge in [-0.3, -0.25) is 0 Å². The maximum absolute atomic E-state index is 10.9. The highest BCUT2D eigenvalue weighted by Crippen LogP contribution is 2.17. The molecule has 0 saturated carbocycles. The van der Waals surface area contributed by atoms with Crippen molar-refractivity contribution in [2.45, 2.75) is 223 Å². The van der Waals surface area contributed by atoms with Crippen LogP contribution in [0.1, 0.15) is 181 Å². The van der Waals surface area contributed by atoms with Crippen LogP contribution in [0.15, 0.2) is 12.2 Å². The van der Waals surface area contributed by atoms with E-state index in [1.54, 1.807) is 6.08 Å². The normalized spacial score (nSPS) is 21.5. The van der Waals surface area contributed by atoms with Crippen LogP contribution < -0.4 is 16.0 Å². The number of hydrogen-bond donors (Lipinski definition) is 8. The van der Waals surface area contributed by atoms with Crippen LogP contribution in [0.5, 0.6) is 0 Å². The minimum absolute atomic E-state index is 0.197. The summed E-state index contributed by atoms with van der Waals surface area (Å²) in [6.45, 7) is 5.16. The molecule has 9 heteroatoms. The fourth-order valence-corrected chi connectivity index (χ4v) is 6.99. The summed E-state index contributed by atoms with van der Waals surface area (Å²) in [5, 5.41) is 62.1.